The Kier molecular flexibility index (Phi) is 41.5. The number of rotatable bonds is 44. The van der Waals surface area contributed by atoms with E-state index in [1.807, 2.05) is 0 Å². The number of carbonyl (C=O) groups is 3. The van der Waals surface area contributed by atoms with Gasteiger partial charge in [0.15, 0.2) is 6.10 Å². The maximum absolute atomic E-state index is 12.8. The van der Waals surface area contributed by atoms with Crippen LogP contribution in [0, 0.1) is 0 Å². The molecule has 0 heterocycles. The minimum absolute atomic E-state index is 0.0282. The number of carboxylic acid groups (broad SMARTS) is 1. The van der Waals surface area contributed by atoms with E-state index in [1.165, 1.54) is 89.9 Å². The molecular formula is C53H93NO7. The lowest BCUT2D eigenvalue weighted by Gasteiger charge is -2.34. The van der Waals surface area contributed by atoms with Crippen LogP contribution in [-0.2, 0) is 28.6 Å². The molecule has 8 nitrogen and oxygen atoms in total. The van der Waals surface area contributed by atoms with Gasteiger partial charge in [0.05, 0.1) is 40.3 Å². The Hall–Kier alpha value is -2.97. The molecule has 0 saturated carbocycles. The minimum Gasteiger partial charge on any atom is -0.544 e. The highest BCUT2D eigenvalue weighted by molar-refractivity contribution is 5.70. The summed E-state index contributed by atoms with van der Waals surface area (Å²) in [5.41, 5.74) is 0. The lowest BCUT2D eigenvalue weighted by atomic mass is 10.1. The fraction of sp³-hybridized carbons (Fsp3) is 0.755. The van der Waals surface area contributed by atoms with Crippen LogP contribution in [-0.4, -0.2) is 75.5 Å². The molecule has 61 heavy (non-hydrogen) atoms. The molecule has 0 aromatic heterocycles. The zero-order chi connectivity index (χ0) is 44.9. The standard InChI is InChI=1S/C53H93NO7/c1-6-8-10-12-14-16-18-20-22-23-24-25-26-27-28-29-30-32-34-36-38-40-42-44-52(56)61-49(47-59-46-45-50(53(57)58)54(3,4)5)48-60-51(55)43-41-39-37-35-33-31-21-19-17-15-13-11-9-7-2/h9,11,15,17,21,24-25,27-28,31,49-50H,6-8,10,12-14,16,18-20,22-23,26,29-30,32-48H2,1-5H3/b11-9+,17-15+,25-24+,28-27+,31-21+. The van der Waals surface area contributed by atoms with Gasteiger partial charge in [-0.1, -0.05) is 171 Å². The van der Waals surface area contributed by atoms with Crippen LogP contribution >= 0.6 is 0 Å². The zero-order valence-electron chi connectivity index (χ0n) is 40.1. The van der Waals surface area contributed by atoms with Crippen molar-refractivity contribution in [1.29, 1.82) is 0 Å². The summed E-state index contributed by atoms with van der Waals surface area (Å²) >= 11 is 0. The minimum atomic E-state index is -1.13. The highest BCUT2D eigenvalue weighted by Gasteiger charge is 2.25. The van der Waals surface area contributed by atoms with Crippen LogP contribution in [0.25, 0.3) is 0 Å². The molecule has 8 heteroatoms. The molecule has 0 aromatic carbocycles. The summed E-state index contributed by atoms with van der Waals surface area (Å²) in [6, 6.07) is -0.733. The molecule has 0 amide bonds. The third-order valence-electron chi connectivity index (χ3n) is 10.9. The van der Waals surface area contributed by atoms with Crippen LogP contribution in [0.1, 0.15) is 206 Å². The molecular weight excluding hydrogens is 763 g/mol. The number of likely N-dealkylation sites (N-methyl/N-ethyl adjacent to an activating group) is 1. The Bertz CT molecular complexity index is 1180. The van der Waals surface area contributed by atoms with Crippen LogP contribution in [0.4, 0.5) is 0 Å². The van der Waals surface area contributed by atoms with Crippen molar-refractivity contribution in [2.75, 3.05) is 41.0 Å². The van der Waals surface area contributed by atoms with Gasteiger partial charge in [0.1, 0.15) is 12.6 Å². The van der Waals surface area contributed by atoms with Crippen LogP contribution in [0.2, 0.25) is 0 Å². The van der Waals surface area contributed by atoms with Crippen LogP contribution < -0.4 is 5.11 Å². The van der Waals surface area contributed by atoms with Gasteiger partial charge < -0.3 is 28.6 Å². The number of aliphatic carboxylic acids is 1. The summed E-state index contributed by atoms with van der Waals surface area (Å²) in [5.74, 6) is -1.77. The molecule has 2 unspecified atom stereocenters. The summed E-state index contributed by atoms with van der Waals surface area (Å²) in [7, 11) is 5.40. The number of carbonyl (C=O) groups excluding carboxylic acids is 3. The van der Waals surface area contributed by atoms with Gasteiger partial charge in [-0.3, -0.25) is 9.59 Å². The molecule has 0 fully saturated rings. The summed E-state index contributed by atoms with van der Waals surface area (Å²) in [5, 5.41) is 11.6. The van der Waals surface area contributed by atoms with Crippen LogP contribution in [0.5, 0.6) is 0 Å². The molecule has 0 rings (SSSR count). The summed E-state index contributed by atoms with van der Waals surface area (Å²) in [4.78, 5) is 36.9. The van der Waals surface area contributed by atoms with Crippen molar-refractivity contribution >= 4 is 17.9 Å². The van der Waals surface area contributed by atoms with E-state index < -0.39 is 18.1 Å². The number of unbranched alkanes of at least 4 members (excludes halogenated alkanes) is 20. The summed E-state index contributed by atoms with van der Waals surface area (Å²) in [6.45, 7) is 4.52. The van der Waals surface area contributed by atoms with E-state index in [0.717, 1.165) is 83.5 Å². The van der Waals surface area contributed by atoms with Crippen molar-refractivity contribution in [2.45, 2.75) is 219 Å². The molecule has 0 N–H and O–H groups in total. The molecule has 0 saturated heterocycles. The van der Waals surface area contributed by atoms with Gasteiger partial charge in [0.2, 0.25) is 0 Å². The number of quaternary nitrogens is 1. The van der Waals surface area contributed by atoms with E-state index in [2.05, 4.69) is 74.6 Å². The predicted octanol–water partition coefficient (Wildman–Crippen LogP) is 12.8. The molecule has 0 aromatic rings. The van der Waals surface area contributed by atoms with E-state index in [9.17, 15) is 19.5 Å². The molecule has 0 aliphatic rings. The molecule has 0 radical (unpaired) electrons. The van der Waals surface area contributed by atoms with Crippen molar-refractivity contribution in [1.82, 2.24) is 0 Å². The SMILES string of the molecule is CC/C=C/C/C=C/C/C=C/CCCCCCC(=O)OCC(COCCC(C(=O)[O-])[N+](C)(C)C)OC(=O)CCCCCCCCC/C=C/C/C=C/CCCCCCCCCCC. The van der Waals surface area contributed by atoms with Crippen molar-refractivity contribution in [3.8, 4) is 0 Å². The van der Waals surface area contributed by atoms with Crippen molar-refractivity contribution in [2.24, 2.45) is 0 Å². The average molecular weight is 856 g/mol. The molecule has 0 bridgehead atoms. The molecule has 0 aliphatic carbocycles. The largest absolute Gasteiger partial charge is 0.544 e. The number of hydrogen-bond acceptors (Lipinski definition) is 7. The maximum Gasteiger partial charge on any atom is 0.306 e. The van der Waals surface area contributed by atoms with E-state index >= 15 is 0 Å². The fourth-order valence-electron chi connectivity index (χ4n) is 7.06. The number of hydrogen-bond donors (Lipinski definition) is 0. The van der Waals surface area contributed by atoms with E-state index in [0.29, 0.717) is 12.8 Å². The lowest BCUT2D eigenvalue weighted by Crippen LogP contribution is -2.55. The second-order valence-electron chi connectivity index (χ2n) is 17.7. The third-order valence-corrected chi connectivity index (χ3v) is 10.9. The smallest absolute Gasteiger partial charge is 0.306 e. The van der Waals surface area contributed by atoms with Gasteiger partial charge in [-0.25, -0.2) is 0 Å². The predicted molar refractivity (Wildman–Crippen MR) is 254 cm³/mol. The Morgan fingerprint density at radius 2 is 0.918 bits per heavy atom. The monoisotopic (exact) mass is 856 g/mol. The van der Waals surface area contributed by atoms with Gasteiger partial charge in [0.25, 0.3) is 0 Å². The number of allylic oxidation sites excluding steroid dienone is 10. The number of ether oxygens (including phenoxy) is 3. The van der Waals surface area contributed by atoms with Crippen molar-refractivity contribution in [3.05, 3.63) is 60.8 Å². The Morgan fingerprint density at radius 3 is 1.36 bits per heavy atom. The van der Waals surface area contributed by atoms with Crippen molar-refractivity contribution in [3.63, 3.8) is 0 Å². The topological polar surface area (TPSA) is 102 Å². The fourth-order valence-corrected chi connectivity index (χ4v) is 7.06. The second kappa shape index (κ2) is 43.7. The first-order valence-electron chi connectivity index (χ1n) is 24.8. The maximum atomic E-state index is 12.8. The Labute approximate surface area is 375 Å². The first kappa shape index (κ1) is 58.0. The zero-order valence-corrected chi connectivity index (χ0v) is 40.1. The van der Waals surface area contributed by atoms with Crippen LogP contribution in [0.15, 0.2) is 60.8 Å². The summed E-state index contributed by atoms with van der Waals surface area (Å²) in [6.07, 6.45) is 54.0. The molecule has 0 aliphatic heterocycles. The van der Waals surface area contributed by atoms with Gasteiger partial charge in [-0.2, -0.15) is 0 Å². The third kappa shape index (κ3) is 42.1. The Balaban J connectivity index is 4.28. The molecule has 2 atom stereocenters. The Morgan fingerprint density at radius 1 is 0.508 bits per heavy atom. The highest BCUT2D eigenvalue weighted by atomic mass is 16.6. The lowest BCUT2D eigenvalue weighted by molar-refractivity contribution is -0.889. The molecule has 352 valence electrons. The highest BCUT2D eigenvalue weighted by Crippen LogP contribution is 2.14. The van der Waals surface area contributed by atoms with Crippen LogP contribution in [0.3, 0.4) is 0 Å². The van der Waals surface area contributed by atoms with Gasteiger partial charge in [0, 0.05) is 19.3 Å². The number of carboxylic acids is 1. The first-order valence-corrected chi connectivity index (χ1v) is 24.8. The second-order valence-corrected chi connectivity index (χ2v) is 17.7. The quantitative estimate of drug-likeness (QED) is 0.0260. The number of esters is 2. The van der Waals surface area contributed by atoms with E-state index in [4.69, 9.17) is 14.2 Å². The average Bonchev–Trinajstić information content (AvgIpc) is 3.22. The molecule has 0 spiro atoms. The number of nitrogens with zero attached hydrogens (tertiary/aromatic N) is 1. The normalized spacial score (nSPS) is 13.4. The summed E-state index contributed by atoms with van der Waals surface area (Å²) < 4.78 is 17.2. The van der Waals surface area contributed by atoms with Gasteiger partial charge in [-0.15, -0.1) is 0 Å². The van der Waals surface area contributed by atoms with Gasteiger partial charge >= 0.3 is 11.9 Å². The van der Waals surface area contributed by atoms with Gasteiger partial charge in [-0.05, 0) is 77.0 Å². The van der Waals surface area contributed by atoms with E-state index in [1.54, 1.807) is 21.1 Å². The van der Waals surface area contributed by atoms with E-state index in [-0.39, 0.29) is 42.7 Å². The first-order chi connectivity index (χ1) is 29.6. The van der Waals surface area contributed by atoms with Crippen molar-refractivity contribution < 1.29 is 38.2 Å².